The van der Waals surface area contributed by atoms with Gasteiger partial charge in [-0.15, -0.1) is 0 Å². The number of nitrogens with two attached hydrogens (primary N) is 1. The number of hydrogen-bond donors (Lipinski definition) is 2. The first-order valence-corrected chi connectivity index (χ1v) is 7.12. The Bertz CT molecular complexity index is 588. The van der Waals surface area contributed by atoms with Crippen LogP contribution >= 0.6 is 15.9 Å². The van der Waals surface area contributed by atoms with Crippen molar-refractivity contribution in [2.24, 2.45) is 5.73 Å². The highest BCUT2D eigenvalue weighted by atomic mass is 79.9. The molecule has 3 N–H and O–H groups in total. The number of anilines is 1. The normalized spacial score (nSPS) is 18.9. The van der Waals surface area contributed by atoms with Crippen LogP contribution in [0.15, 0.2) is 28.7 Å². The Morgan fingerprint density at radius 1 is 1.48 bits per heavy atom. The smallest absolute Gasteiger partial charge is 0.328 e. The van der Waals surface area contributed by atoms with E-state index in [-0.39, 0.29) is 6.61 Å². The van der Waals surface area contributed by atoms with Crippen LogP contribution in [0.25, 0.3) is 6.08 Å². The number of morpholine rings is 1. The second kappa shape index (κ2) is 6.73. The minimum Gasteiger partial charge on any atom is -0.478 e. The van der Waals surface area contributed by atoms with Crippen LogP contribution in [0, 0.1) is 0 Å². The molecule has 1 amide bonds. The van der Waals surface area contributed by atoms with Crippen LogP contribution in [0.1, 0.15) is 5.56 Å². The molecule has 1 aromatic carbocycles. The van der Waals surface area contributed by atoms with Gasteiger partial charge in [0.25, 0.3) is 0 Å². The van der Waals surface area contributed by atoms with Gasteiger partial charge in [-0.3, -0.25) is 4.79 Å². The van der Waals surface area contributed by atoms with Crippen LogP contribution < -0.4 is 10.6 Å². The van der Waals surface area contributed by atoms with Crippen LogP contribution in [0.3, 0.4) is 0 Å². The molecule has 0 spiro atoms. The van der Waals surface area contributed by atoms with Crippen LogP contribution in [0.2, 0.25) is 0 Å². The molecule has 0 radical (unpaired) electrons. The number of carboxylic acid groups (broad SMARTS) is 1. The average Bonchev–Trinajstić information content (AvgIpc) is 2.45. The third-order valence-electron chi connectivity index (χ3n) is 3.16. The molecule has 6 nitrogen and oxygen atoms in total. The summed E-state index contributed by atoms with van der Waals surface area (Å²) in [6.07, 6.45) is 2.57. The van der Waals surface area contributed by atoms with Crippen molar-refractivity contribution in [1.29, 1.82) is 0 Å². The first kappa shape index (κ1) is 15.5. The lowest BCUT2D eigenvalue weighted by Crippen LogP contribution is -2.52. The first-order valence-electron chi connectivity index (χ1n) is 6.33. The number of nitrogens with zero attached hydrogens (tertiary/aromatic N) is 1. The van der Waals surface area contributed by atoms with E-state index in [1.807, 2.05) is 11.0 Å². The lowest BCUT2D eigenvalue weighted by Gasteiger charge is -2.36. The van der Waals surface area contributed by atoms with E-state index in [0.717, 1.165) is 21.8 Å². The zero-order chi connectivity index (χ0) is 15.4. The van der Waals surface area contributed by atoms with E-state index in [0.29, 0.717) is 13.2 Å². The summed E-state index contributed by atoms with van der Waals surface area (Å²) in [5.74, 6) is -1.44. The zero-order valence-corrected chi connectivity index (χ0v) is 12.7. The molecular weight excluding hydrogens is 340 g/mol. The molecule has 2 rings (SSSR count). The van der Waals surface area contributed by atoms with Crippen molar-refractivity contribution in [3.63, 3.8) is 0 Å². The van der Waals surface area contributed by atoms with Crippen LogP contribution in [-0.4, -0.2) is 42.8 Å². The molecule has 0 aromatic heterocycles. The number of ether oxygens (including phenoxy) is 1. The number of aliphatic carboxylic acids is 1. The van der Waals surface area contributed by atoms with Crippen LogP contribution in [0.4, 0.5) is 5.69 Å². The highest BCUT2D eigenvalue weighted by Crippen LogP contribution is 2.30. The van der Waals surface area contributed by atoms with Gasteiger partial charge in [-0.05, 0) is 39.7 Å². The Hall–Kier alpha value is -1.86. The van der Waals surface area contributed by atoms with Gasteiger partial charge >= 0.3 is 5.97 Å². The number of halogens is 1. The predicted octanol–water partition coefficient (Wildman–Crippen LogP) is 1.24. The summed E-state index contributed by atoms with van der Waals surface area (Å²) in [5, 5.41) is 8.63. The summed E-state index contributed by atoms with van der Waals surface area (Å²) in [4.78, 5) is 23.9. The zero-order valence-electron chi connectivity index (χ0n) is 11.2. The molecular formula is C14H15BrN2O4. The fraction of sp³-hybridized carbons (Fsp3) is 0.286. The molecule has 1 saturated heterocycles. The molecule has 1 atom stereocenters. The first-order chi connectivity index (χ1) is 9.99. The number of benzene rings is 1. The summed E-state index contributed by atoms with van der Waals surface area (Å²) in [5.41, 5.74) is 6.98. The number of carboxylic acids is 1. The largest absolute Gasteiger partial charge is 0.478 e. The number of primary amides is 1. The molecule has 1 heterocycles. The molecule has 112 valence electrons. The SMILES string of the molecule is NC(=O)C1COCCN1c1ccc(/C=C/C(=O)O)cc1Br. The standard InChI is InChI=1S/C14H15BrN2O4/c15-10-7-9(2-4-13(18)19)1-3-11(10)17-5-6-21-8-12(17)14(16)20/h1-4,7,12H,5-6,8H2,(H2,16,20)(H,18,19)/b4-2+. The molecule has 0 bridgehead atoms. The Morgan fingerprint density at radius 3 is 2.86 bits per heavy atom. The van der Waals surface area contributed by atoms with Gasteiger partial charge in [-0.2, -0.15) is 0 Å². The van der Waals surface area contributed by atoms with Gasteiger partial charge in [0.2, 0.25) is 5.91 Å². The summed E-state index contributed by atoms with van der Waals surface area (Å²) in [6, 6.07) is 4.90. The Morgan fingerprint density at radius 2 is 2.24 bits per heavy atom. The highest BCUT2D eigenvalue weighted by Gasteiger charge is 2.28. The second-order valence-corrected chi connectivity index (χ2v) is 5.42. The monoisotopic (exact) mass is 354 g/mol. The summed E-state index contributed by atoms with van der Waals surface area (Å²) < 4.78 is 6.06. The van der Waals surface area contributed by atoms with Crippen LogP contribution in [-0.2, 0) is 14.3 Å². The van der Waals surface area contributed by atoms with Crippen molar-refractivity contribution in [3.05, 3.63) is 34.3 Å². The van der Waals surface area contributed by atoms with Crippen molar-refractivity contribution >= 4 is 39.6 Å². The molecule has 0 aliphatic carbocycles. The number of amides is 1. The van der Waals surface area contributed by atoms with Crippen molar-refractivity contribution in [1.82, 2.24) is 0 Å². The predicted molar refractivity (Wildman–Crippen MR) is 82.0 cm³/mol. The minimum absolute atomic E-state index is 0.266. The topological polar surface area (TPSA) is 92.9 Å². The Balaban J connectivity index is 2.27. The molecule has 7 heteroatoms. The van der Waals surface area contributed by atoms with E-state index >= 15 is 0 Å². The fourth-order valence-electron chi connectivity index (χ4n) is 2.15. The van der Waals surface area contributed by atoms with Crippen molar-refractivity contribution in [2.75, 3.05) is 24.7 Å². The number of rotatable bonds is 4. The van der Waals surface area contributed by atoms with Gasteiger partial charge in [0.15, 0.2) is 0 Å². The molecule has 1 aromatic rings. The third-order valence-corrected chi connectivity index (χ3v) is 3.79. The van der Waals surface area contributed by atoms with Gasteiger partial charge in [-0.25, -0.2) is 4.79 Å². The second-order valence-electron chi connectivity index (χ2n) is 4.57. The molecule has 1 aliphatic rings. The number of carbonyl (C=O) groups excluding carboxylic acids is 1. The average molecular weight is 355 g/mol. The number of hydrogen-bond acceptors (Lipinski definition) is 4. The fourth-order valence-corrected chi connectivity index (χ4v) is 2.78. The molecule has 1 fully saturated rings. The highest BCUT2D eigenvalue weighted by molar-refractivity contribution is 9.10. The van der Waals surface area contributed by atoms with E-state index in [2.05, 4.69) is 15.9 Å². The molecule has 0 saturated carbocycles. The number of carbonyl (C=O) groups is 2. The Kier molecular flexibility index (Phi) is 4.98. The maximum atomic E-state index is 11.5. The van der Waals surface area contributed by atoms with E-state index < -0.39 is 17.9 Å². The quantitative estimate of drug-likeness (QED) is 0.793. The van der Waals surface area contributed by atoms with E-state index in [9.17, 15) is 9.59 Å². The molecule has 1 aliphatic heterocycles. The lowest BCUT2D eigenvalue weighted by atomic mass is 10.1. The lowest BCUT2D eigenvalue weighted by molar-refractivity contribution is -0.131. The third kappa shape index (κ3) is 3.83. The van der Waals surface area contributed by atoms with E-state index in [1.165, 1.54) is 6.08 Å². The Labute approximate surface area is 130 Å². The van der Waals surface area contributed by atoms with Crippen molar-refractivity contribution in [2.45, 2.75) is 6.04 Å². The van der Waals surface area contributed by atoms with Gasteiger partial charge in [0.1, 0.15) is 6.04 Å². The van der Waals surface area contributed by atoms with Gasteiger partial charge in [0.05, 0.1) is 18.9 Å². The maximum absolute atomic E-state index is 11.5. The van der Waals surface area contributed by atoms with E-state index in [1.54, 1.807) is 12.1 Å². The molecule has 21 heavy (non-hydrogen) atoms. The van der Waals surface area contributed by atoms with Crippen molar-refractivity contribution < 1.29 is 19.4 Å². The van der Waals surface area contributed by atoms with E-state index in [4.69, 9.17) is 15.6 Å². The minimum atomic E-state index is -1.00. The van der Waals surface area contributed by atoms with Crippen molar-refractivity contribution in [3.8, 4) is 0 Å². The maximum Gasteiger partial charge on any atom is 0.328 e. The van der Waals surface area contributed by atoms with Gasteiger partial charge < -0.3 is 20.5 Å². The molecule has 1 unspecified atom stereocenters. The summed E-state index contributed by atoms with van der Waals surface area (Å²) in [7, 11) is 0. The van der Waals surface area contributed by atoms with Gasteiger partial charge in [0, 0.05) is 17.1 Å². The summed E-state index contributed by atoms with van der Waals surface area (Å²) >= 11 is 3.45. The summed E-state index contributed by atoms with van der Waals surface area (Å²) in [6.45, 7) is 1.36. The van der Waals surface area contributed by atoms with Crippen LogP contribution in [0.5, 0.6) is 0 Å². The van der Waals surface area contributed by atoms with Gasteiger partial charge in [-0.1, -0.05) is 6.07 Å².